The predicted octanol–water partition coefficient (Wildman–Crippen LogP) is 7.62. The van der Waals surface area contributed by atoms with Gasteiger partial charge in [-0.2, -0.15) is 5.10 Å². The molecule has 0 unspecified atom stereocenters. The number of hydrazone groups is 1. The molecular formula is C24H16Br2Cl2N2O4. The van der Waals surface area contributed by atoms with E-state index in [-0.39, 0.29) is 12.4 Å². The van der Waals surface area contributed by atoms with Gasteiger partial charge in [0, 0.05) is 35.5 Å². The summed E-state index contributed by atoms with van der Waals surface area (Å²) in [6, 6.07) is 15.8. The lowest BCUT2D eigenvalue weighted by Gasteiger charge is -2.13. The van der Waals surface area contributed by atoms with Gasteiger partial charge >= 0.3 is 5.91 Å². The fourth-order valence-corrected chi connectivity index (χ4v) is 4.32. The van der Waals surface area contributed by atoms with Gasteiger partial charge in [-0.25, -0.2) is 5.43 Å². The lowest BCUT2D eigenvalue weighted by Crippen LogP contribution is -2.16. The summed E-state index contributed by atoms with van der Waals surface area (Å²) in [4.78, 5) is 12.4. The van der Waals surface area contributed by atoms with Gasteiger partial charge in [-0.3, -0.25) is 4.79 Å². The summed E-state index contributed by atoms with van der Waals surface area (Å²) in [6.07, 6.45) is 1.49. The van der Waals surface area contributed by atoms with Crippen LogP contribution in [0.5, 0.6) is 11.5 Å². The van der Waals surface area contributed by atoms with Crippen LogP contribution in [0.15, 0.2) is 73.1 Å². The summed E-state index contributed by atoms with van der Waals surface area (Å²) in [5, 5.41) is 5.92. The first-order valence-corrected chi connectivity index (χ1v) is 12.1. The molecule has 0 aliphatic rings. The van der Waals surface area contributed by atoms with E-state index in [1.165, 1.54) is 13.3 Å². The molecule has 0 saturated carbocycles. The Kier molecular flexibility index (Phi) is 7.83. The Morgan fingerprint density at radius 2 is 1.91 bits per heavy atom. The van der Waals surface area contributed by atoms with Gasteiger partial charge < -0.3 is 13.9 Å². The molecule has 0 spiro atoms. The normalized spacial score (nSPS) is 11.2. The number of nitrogens with one attached hydrogen (secondary N) is 1. The number of ether oxygens (including phenoxy) is 2. The van der Waals surface area contributed by atoms with Crippen molar-refractivity contribution in [3.05, 3.63) is 90.5 Å². The van der Waals surface area contributed by atoms with Crippen molar-refractivity contribution in [3.8, 4) is 11.5 Å². The van der Waals surface area contributed by atoms with Crippen molar-refractivity contribution in [2.75, 3.05) is 7.11 Å². The van der Waals surface area contributed by atoms with Crippen LogP contribution in [0.25, 0.3) is 11.0 Å². The van der Waals surface area contributed by atoms with Gasteiger partial charge in [0.05, 0.1) is 13.3 Å². The molecule has 174 valence electrons. The topological polar surface area (TPSA) is 73.1 Å². The van der Waals surface area contributed by atoms with Crippen molar-refractivity contribution in [2.45, 2.75) is 6.61 Å². The average molecular weight is 627 g/mol. The molecule has 1 heterocycles. The first-order valence-electron chi connectivity index (χ1n) is 9.81. The van der Waals surface area contributed by atoms with E-state index in [2.05, 4.69) is 42.4 Å². The lowest BCUT2D eigenvalue weighted by atomic mass is 10.2. The predicted molar refractivity (Wildman–Crippen MR) is 140 cm³/mol. The number of nitrogens with zero attached hydrogens (tertiary/aromatic N) is 1. The Morgan fingerprint density at radius 3 is 2.68 bits per heavy atom. The highest BCUT2D eigenvalue weighted by atomic mass is 79.9. The number of amides is 1. The maximum atomic E-state index is 12.4. The Labute approximate surface area is 222 Å². The van der Waals surface area contributed by atoms with Crippen molar-refractivity contribution in [3.63, 3.8) is 0 Å². The molecule has 1 N–H and O–H groups in total. The van der Waals surface area contributed by atoms with Crippen LogP contribution in [0.2, 0.25) is 10.0 Å². The van der Waals surface area contributed by atoms with Crippen LogP contribution in [0.4, 0.5) is 0 Å². The fraction of sp³-hybridized carbons (Fsp3) is 0.0833. The number of hydrogen-bond donors (Lipinski definition) is 1. The first kappa shape index (κ1) is 24.6. The van der Waals surface area contributed by atoms with E-state index in [9.17, 15) is 4.79 Å². The fourth-order valence-electron chi connectivity index (χ4n) is 3.06. The summed E-state index contributed by atoms with van der Waals surface area (Å²) in [5.41, 5.74) is 4.53. The van der Waals surface area contributed by atoms with Crippen molar-refractivity contribution in [1.82, 2.24) is 5.43 Å². The Hall–Kier alpha value is -2.52. The third-order valence-corrected chi connectivity index (χ3v) is 6.52. The zero-order chi connectivity index (χ0) is 24.2. The summed E-state index contributed by atoms with van der Waals surface area (Å²) in [6.45, 7) is 0.233. The van der Waals surface area contributed by atoms with Crippen LogP contribution in [0.1, 0.15) is 21.7 Å². The van der Waals surface area contributed by atoms with Gasteiger partial charge in [-0.05, 0) is 64.5 Å². The number of benzene rings is 3. The zero-order valence-corrected chi connectivity index (χ0v) is 22.3. The number of hydrogen-bond acceptors (Lipinski definition) is 5. The number of carbonyl (C=O) groups is 1. The second kappa shape index (κ2) is 10.8. The van der Waals surface area contributed by atoms with Crippen LogP contribution in [0, 0.1) is 0 Å². The number of furan rings is 1. The molecule has 0 aliphatic heterocycles. The van der Waals surface area contributed by atoms with Gasteiger partial charge in [0.25, 0.3) is 0 Å². The van der Waals surface area contributed by atoms with E-state index < -0.39 is 5.91 Å². The summed E-state index contributed by atoms with van der Waals surface area (Å²) < 4.78 is 18.5. The van der Waals surface area contributed by atoms with Gasteiger partial charge in [0.1, 0.15) is 12.2 Å². The van der Waals surface area contributed by atoms with E-state index in [4.69, 9.17) is 37.1 Å². The number of fused-ring (bicyclic) bond motifs is 1. The van der Waals surface area contributed by atoms with Crippen molar-refractivity contribution in [2.24, 2.45) is 5.10 Å². The molecule has 0 fully saturated rings. The highest BCUT2D eigenvalue weighted by Gasteiger charge is 2.13. The molecule has 0 bridgehead atoms. The second-order valence-electron chi connectivity index (χ2n) is 7.04. The molecule has 34 heavy (non-hydrogen) atoms. The highest BCUT2D eigenvalue weighted by Crippen LogP contribution is 2.34. The molecule has 1 amide bonds. The summed E-state index contributed by atoms with van der Waals surface area (Å²) in [5.74, 6) is 0.692. The maximum Gasteiger partial charge on any atom is 0.307 e. The maximum absolute atomic E-state index is 12.4. The Morgan fingerprint density at radius 1 is 1.09 bits per heavy atom. The first-order chi connectivity index (χ1) is 16.3. The van der Waals surface area contributed by atoms with Gasteiger partial charge in [0.15, 0.2) is 17.3 Å². The van der Waals surface area contributed by atoms with E-state index in [0.717, 1.165) is 15.4 Å². The molecule has 0 saturated heterocycles. The average Bonchev–Trinajstić information content (AvgIpc) is 3.23. The molecule has 4 rings (SSSR count). The minimum Gasteiger partial charge on any atom is -0.493 e. The van der Waals surface area contributed by atoms with Crippen LogP contribution in [0.3, 0.4) is 0 Å². The molecule has 10 heteroatoms. The standard InChI is InChI=1S/C24H16Br2Cl2N2O4/c1-32-21-8-15(18(26)10-22(21)33-12-13-2-4-17(27)9-19(13)28)11-29-30-24(31)23-7-14-6-16(25)3-5-20(14)34-23/h2-11H,12H2,1H3,(H,30,31)/b29-11+. The molecule has 0 radical (unpaired) electrons. The zero-order valence-electron chi connectivity index (χ0n) is 17.6. The third kappa shape index (κ3) is 5.75. The van der Waals surface area contributed by atoms with Crippen molar-refractivity contribution >= 4 is 78.2 Å². The van der Waals surface area contributed by atoms with Crippen molar-refractivity contribution < 1.29 is 18.7 Å². The number of rotatable bonds is 7. The number of carbonyl (C=O) groups excluding carboxylic acids is 1. The molecule has 0 aliphatic carbocycles. The quantitative estimate of drug-likeness (QED) is 0.169. The minimum absolute atomic E-state index is 0.159. The van der Waals surface area contributed by atoms with Crippen LogP contribution >= 0.6 is 55.1 Å². The largest absolute Gasteiger partial charge is 0.493 e. The van der Waals surface area contributed by atoms with Crippen molar-refractivity contribution in [1.29, 1.82) is 0 Å². The van der Waals surface area contributed by atoms with E-state index >= 15 is 0 Å². The van der Waals surface area contributed by atoms with E-state index in [1.54, 1.807) is 42.5 Å². The molecular weight excluding hydrogens is 611 g/mol. The molecule has 0 atom stereocenters. The molecule has 6 nitrogen and oxygen atoms in total. The van der Waals surface area contributed by atoms with Gasteiger partial charge in [0.2, 0.25) is 0 Å². The van der Waals surface area contributed by atoms with Gasteiger partial charge in [-0.15, -0.1) is 0 Å². The Balaban J connectivity index is 1.45. The highest BCUT2D eigenvalue weighted by molar-refractivity contribution is 9.10. The summed E-state index contributed by atoms with van der Waals surface area (Å²) in [7, 11) is 1.54. The smallest absolute Gasteiger partial charge is 0.307 e. The van der Waals surface area contributed by atoms with E-state index in [1.807, 2.05) is 12.1 Å². The molecule has 1 aromatic heterocycles. The van der Waals surface area contributed by atoms with Crippen LogP contribution in [-0.4, -0.2) is 19.2 Å². The summed E-state index contributed by atoms with van der Waals surface area (Å²) >= 11 is 19.1. The molecule has 4 aromatic rings. The SMILES string of the molecule is COc1cc(/C=N/NC(=O)c2cc3cc(Br)ccc3o2)c(Br)cc1OCc1ccc(Cl)cc1Cl. The number of methoxy groups -OCH3 is 1. The third-order valence-electron chi connectivity index (χ3n) is 4.75. The minimum atomic E-state index is -0.466. The van der Waals surface area contributed by atoms with Crippen LogP contribution < -0.4 is 14.9 Å². The Bertz CT molecular complexity index is 1410. The van der Waals surface area contributed by atoms with Crippen LogP contribution in [-0.2, 0) is 6.61 Å². The van der Waals surface area contributed by atoms with Gasteiger partial charge in [-0.1, -0.05) is 45.2 Å². The van der Waals surface area contributed by atoms with E-state index in [0.29, 0.717) is 37.2 Å². The number of halogens is 4. The lowest BCUT2D eigenvalue weighted by molar-refractivity contribution is 0.0929. The monoisotopic (exact) mass is 624 g/mol. The second-order valence-corrected chi connectivity index (χ2v) is 9.65. The molecule has 3 aromatic carbocycles.